The molecule has 0 heterocycles. The Hall–Kier alpha value is -0.0400. The maximum atomic E-state index is 9.40. The van der Waals surface area contributed by atoms with Crippen molar-refractivity contribution in [3.05, 3.63) is 0 Å². The van der Waals surface area contributed by atoms with Crippen molar-refractivity contribution in [1.29, 1.82) is 0 Å². The molecule has 2 saturated carbocycles. The highest BCUT2D eigenvalue weighted by Gasteiger charge is 2.37. The Kier molecular flexibility index (Phi) is 1.26. The molecule has 0 spiro atoms. The minimum absolute atomic E-state index is 0.0671. The second-order valence-corrected chi connectivity index (χ2v) is 3.50. The summed E-state index contributed by atoms with van der Waals surface area (Å²) in [5.74, 6) is 1.60. The highest BCUT2D eigenvalue weighted by molar-refractivity contribution is 4.88. The molecule has 0 aromatic heterocycles. The summed E-state index contributed by atoms with van der Waals surface area (Å²) in [5, 5.41) is 9.40. The molecule has 1 heteroatoms. The van der Waals surface area contributed by atoms with Gasteiger partial charge in [0.05, 0.1) is 6.10 Å². The van der Waals surface area contributed by atoms with E-state index in [9.17, 15) is 5.11 Å². The summed E-state index contributed by atoms with van der Waals surface area (Å²) in [4.78, 5) is 0. The average Bonchev–Trinajstić information content (AvgIpc) is 2.35. The second kappa shape index (κ2) is 1.98. The molecule has 2 aliphatic carbocycles. The van der Waals surface area contributed by atoms with Gasteiger partial charge in [-0.1, -0.05) is 12.8 Å². The topological polar surface area (TPSA) is 20.2 Å². The zero-order valence-corrected chi connectivity index (χ0v) is 5.71. The molecule has 0 aliphatic heterocycles. The smallest absolute Gasteiger partial charge is 0.0571 e. The van der Waals surface area contributed by atoms with Gasteiger partial charge < -0.3 is 5.11 Å². The normalized spacial score (nSPS) is 49.7. The molecule has 2 fully saturated rings. The first kappa shape index (κ1) is 5.72. The molecule has 0 amide bonds. The van der Waals surface area contributed by atoms with E-state index in [2.05, 4.69) is 0 Å². The Morgan fingerprint density at radius 2 is 1.89 bits per heavy atom. The van der Waals surface area contributed by atoms with Gasteiger partial charge in [-0.3, -0.25) is 0 Å². The lowest BCUT2D eigenvalue weighted by Crippen LogP contribution is -2.13. The van der Waals surface area contributed by atoms with Gasteiger partial charge in [0, 0.05) is 0 Å². The molecule has 2 aliphatic rings. The van der Waals surface area contributed by atoms with Crippen LogP contribution in [0.25, 0.3) is 0 Å². The lowest BCUT2D eigenvalue weighted by molar-refractivity contribution is 0.126. The highest BCUT2D eigenvalue weighted by atomic mass is 16.3. The summed E-state index contributed by atoms with van der Waals surface area (Å²) in [5.41, 5.74) is 0. The molecule has 9 heavy (non-hydrogen) atoms. The predicted octanol–water partition coefficient (Wildman–Crippen LogP) is 1.56. The van der Waals surface area contributed by atoms with E-state index in [0.29, 0.717) is 5.92 Å². The molecule has 0 saturated heterocycles. The average molecular weight is 126 g/mol. The van der Waals surface area contributed by atoms with Gasteiger partial charge in [0.1, 0.15) is 0 Å². The van der Waals surface area contributed by atoms with Crippen molar-refractivity contribution >= 4 is 0 Å². The Bertz CT molecular complexity index is 111. The van der Waals surface area contributed by atoms with Crippen molar-refractivity contribution in [2.24, 2.45) is 11.8 Å². The Morgan fingerprint density at radius 1 is 1.00 bits per heavy atom. The number of aliphatic hydroxyl groups is 1. The number of aliphatic hydroxyl groups excluding tert-OH is 1. The van der Waals surface area contributed by atoms with Gasteiger partial charge in [0.2, 0.25) is 0 Å². The number of fused-ring (bicyclic) bond motifs is 1. The molecule has 1 nitrogen and oxygen atoms in total. The summed E-state index contributed by atoms with van der Waals surface area (Å²) < 4.78 is 0. The molecule has 0 aromatic carbocycles. The van der Waals surface area contributed by atoms with Crippen LogP contribution in [0, 0.1) is 11.8 Å². The van der Waals surface area contributed by atoms with E-state index in [1.54, 1.807) is 0 Å². The van der Waals surface area contributed by atoms with Crippen LogP contribution in [0.1, 0.15) is 32.1 Å². The van der Waals surface area contributed by atoms with Gasteiger partial charge in [-0.25, -0.2) is 0 Å². The summed E-state index contributed by atoms with van der Waals surface area (Å²) >= 11 is 0. The third-order valence-electron chi connectivity index (χ3n) is 3.05. The lowest BCUT2D eigenvalue weighted by atomic mass is 9.99. The van der Waals surface area contributed by atoms with E-state index >= 15 is 0 Å². The first-order chi connectivity index (χ1) is 4.38. The molecule has 52 valence electrons. The van der Waals surface area contributed by atoms with Crippen molar-refractivity contribution < 1.29 is 5.11 Å². The first-order valence-corrected chi connectivity index (χ1v) is 4.06. The number of hydrogen-bond donors (Lipinski definition) is 1. The van der Waals surface area contributed by atoms with Crippen molar-refractivity contribution in [2.75, 3.05) is 0 Å². The van der Waals surface area contributed by atoms with E-state index in [1.807, 2.05) is 0 Å². The van der Waals surface area contributed by atoms with Crippen molar-refractivity contribution in [2.45, 2.75) is 38.2 Å². The lowest BCUT2D eigenvalue weighted by Gasteiger charge is -2.10. The molecule has 2 rings (SSSR count). The van der Waals surface area contributed by atoms with Gasteiger partial charge >= 0.3 is 0 Å². The third-order valence-corrected chi connectivity index (χ3v) is 3.05. The summed E-state index contributed by atoms with van der Waals surface area (Å²) in [6.07, 6.45) is 6.50. The van der Waals surface area contributed by atoms with E-state index < -0.39 is 0 Å². The van der Waals surface area contributed by atoms with Crippen LogP contribution >= 0.6 is 0 Å². The second-order valence-electron chi connectivity index (χ2n) is 3.50. The molecule has 3 atom stereocenters. The van der Waals surface area contributed by atoms with E-state index in [-0.39, 0.29) is 6.10 Å². The number of hydrogen-bond acceptors (Lipinski definition) is 1. The maximum Gasteiger partial charge on any atom is 0.0571 e. The Morgan fingerprint density at radius 3 is 2.67 bits per heavy atom. The molecular weight excluding hydrogens is 112 g/mol. The molecule has 0 aromatic rings. The van der Waals surface area contributed by atoms with Crippen LogP contribution in [0.2, 0.25) is 0 Å². The zero-order valence-electron chi connectivity index (χ0n) is 5.71. The van der Waals surface area contributed by atoms with E-state index in [1.165, 1.54) is 25.7 Å². The minimum atomic E-state index is 0.0671. The fourth-order valence-corrected chi connectivity index (χ4v) is 2.53. The van der Waals surface area contributed by atoms with Crippen LogP contribution in [0.3, 0.4) is 0 Å². The quantitative estimate of drug-likeness (QED) is 0.522. The van der Waals surface area contributed by atoms with Crippen LogP contribution in [-0.2, 0) is 0 Å². The van der Waals surface area contributed by atoms with Crippen LogP contribution in [-0.4, -0.2) is 11.2 Å². The van der Waals surface area contributed by atoms with Crippen molar-refractivity contribution in [3.63, 3.8) is 0 Å². The molecule has 1 unspecified atom stereocenters. The predicted molar refractivity (Wildman–Crippen MR) is 36.1 cm³/mol. The third kappa shape index (κ3) is 0.787. The first-order valence-electron chi connectivity index (χ1n) is 4.06. The van der Waals surface area contributed by atoms with E-state index in [4.69, 9.17) is 0 Å². The van der Waals surface area contributed by atoms with Crippen LogP contribution in [0.5, 0.6) is 0 Å². The molecule has 0 radical (unpaired) electrons. The van der Waals surface area contributed by atoms with Crippen molar-refractivity contribution in [3.8, 4) is 0 Å². The minimum Gasteiger partial charge on any atom is -0.393 e. The maximum absolute atomic E-state index is 9.40. The van der Waals surface area contributed by atoms with Crippen molar-refractivity contribution in [1.82, 2.24) is 0 Å². The van der Waals surface area contributed by atoms with Gasteiger partial charge in [-0.15, -0.1) is 0 Å². The fourth-order valence-electron chi connectivity index (χ4n) is 2.53. The van der Waals surface area contributed by atoms with Crippen LogP contribution < -0.4 is 0 Å². The molecular formula is C8H14O. The highest BCUT2D eigenvalue weighted by Crippen LogP contribution is 2.43. The molecule has 1 N–H and O–H groups in total. The van der Waals surface area contributed by atoms with Gasteiger partial charge in [0.15, 0.2) is 0 Å². The van der Waals surface area contributed by atoms with Crippen LogP contribution in [0.15, 0.2) is 0 Å². The van der Waals surface area contributed by atoms with Crippen LogP contribution in [0.4, 0.5) is 0 Å². The summed E-state index contributed by atoms with van der Waals surface area (Å²) in [6.45, 7) is 0. The standard InChI is InChI=1S/C8H14O/c9-8-5-4-6-2-1-3-7(6)8/h6-9H,1-5H2/t6-,7+,8?/m1/s1. The van der Waals surface area contributed by atoms with Gasteiger partial charge in [-0.2, -0.15) is 0 Å². The number of rotatable bonds is 0. The van der Waals surface area contributed by atoms with Gasteiger partial charge in [0.25, 0.3) is 0 Å². The SMILES string of the molecule is OC1CC[C@H]2CCC[C@H]12. The largest absolute Gasteiger partial charge is 0.393 e. The van der Waals surface area contributed by atoms with Gasteiger partial charge in [-0.05, 0) is 31.1 Å². The zero-order chi connectivity index (χ0) is 6.27. The fraction of sp³-hybridized carbons (Fsp3) is 1.00. The molecule has 0 bridgehead atoms. The Labute approximate surface area is 56.1 Å². The van der Waals surface area contributed by atoms with E-state index in [0.717, 1.165) is 12.3 Å². The summed E-state index contributed by atoms with van der Waals surface area (Å²) in [6, 6.07) is 0. The monoisotopic (exact) mass is 126 g/mol. The summed E-state index contributed by atoms with van der Waals surface area (Å²) in [7, 11) is 0. The Balaban J connectivity index is 2.07.